The van der Waals surface area contributed by atoms with Crippen molar-refractivity contribution in [2.75, 3.05) is 7.11 Å². The van der Waals surface area contributed by atoms with Gasteiger partial charge in [0.1, 0.15) is 11.4 Å². The van der Waals surface area contributed by atoms with Crippen molar-refractivity contribution in [2.45, 2.75) is 0 Å². The monoisotopic (exact) mass is 394 g/mol. The molecule has 3 aromatic carbocycles. The Morgan fingerprint density at radius 2 is 1.40 bits per heavy atom. The molecular formula is C24H18N4O2. The van der Waals surface area contributed by atoms with Gasteiger partial charge in [-0.15, -0.1) is 0 Å². The molecule has 0 aliphatic rings. The minimum absolute atomic E-state index is 0.171. The van der Waals surface area contributed by atoms with Crippen molar-refractivity contribution in [2.24, 2.45) is 0 Å². The molecule has 0 aliphatic heterocycles. The molecule has 0 atom stereocenters. The third kappa shape index (κ3) is 2.95. The fraction of sp³-hybridized carbons (Fsp3) is 0.0417. The van der Waals surface area contributed by atoms with Gasteiger partial charge in [-0.1, -0.05) is 48.5 Å². The summed E-state index contributed by atoms with van der Waals surface area (Å²) < 4.78 is 8.78. The highest BCUT2D eigenvalue weighted by Crippen LogP contribution is 2.28. The minimum atomic E-state index is -0.171. The lowest BCUT2D eigenvalue weighted by Gasteiger charge is -2.10. The van der Waals surface area contributed by atoms with Crippen molar-refractivity contribution in [3.8, 4) is 28.4 Å². The molecule has 6 nitrogen and oxygen atoms in total. The molecule has 146 valence electrons. The molecule has 0 amide bonds. The van der Waals surface area contributed by atoms with E-state index in [1.165, 1.54) is 6.20 Å². The van der Waals surface area contributed by atoms with Crippen LogP contribution in [0.3, 0.4) is 0 Å². The van der Waals surface area contributed by atoms with E-state index < -0.39 is 0 Å². The molecule has 2 aromatic heterocycles. The summed E-state index contributed by atoms with van der Waals surface area (Å²) in [5.74, 6) is 0.748. The highest BCUT2D eigenvalue weighted by molar-refractivity contribution is 5.92. The quantitative estimate of drug-likeness (QED) is 0.457. The lowest BCUT2D eigenvalue weighted by molar-refractivity contribution is 0.414. The molecule has 5 aromatic rings. The molecule has 2 heterocycles. The van der Waals surface area contributed by atoms with Crippen LogP contribution in [0, 0.1) is 0 Å². The van der Waals surface area contributed by atoms with Crippen LogP contribution in [0.5, 0.6) is 5.75 Å². The van der Waals surface area contributed by atoms with E-state index in [-0.39, 0.29) is 5.43 Å². The fourth-order valence-electron chi connectivity index (χ4n) is 3.52. The number of methoxy groups -OCH3 is 1. The van der Waals surface area contributed by atoms with E-state index in [0.717, 1.165) is 22.7 Å². The molecule has 0 unspecified atom stereocenters. The van der Waals surface area contributed by atoms with E-state index in [0.29, 0.717) is 16.7 Å². The van der Waals surface area contributed by atoms with Crippen LogP contribution in [0.4, 0.5) is 0 Å². The van der Waals surface area contributed by atoms with Crippen LogP contribution in [-0.2, 0) is 0 Å². The second-order valence-corrected chi connectivity index (χ2v) is 6.78. The number of benzene rings is 3. The summed E-state index contributed by atoms with van der Waals surface area (Å²) in [7, 11) is 1.63. The Morgan fingerprint density at radius 3 is 2.07 bits per heavy atom. The average molecular weight is 394 g/mol. The van der Waals surface area contributed by atoms with Crippen LogP contribution in [-0.4, -0.2) is 26.7 Å². The van der Waals surface area contributed by atoms with Gasteiger partial charge in [-0.05, 0) is 36.4 Å². The Labute approximate surface area is 172 Å². The van der Waals surface area contributed by atoms with Crippen molar-refractivity contribution >= 4 is 11.0 Å². The lowest BCUT2D eigenvalue weighted by Crippen LogP contribution is -2.13. The van der Waals surface area contributed by atoms with Crippen LogP contribution < -0.4 is 10.2 Å². The van der Waals surface area contributed by atoms with Crippen molar-refractivity contribution < 1.29 is 4.74 Å². The Morgan fingerprint density at radius 1 is 0.767 bits per heavy atom. The van der Waals surface area contributed by atoms with E-state index in [2.05, 4.69) is 5.10 Å². The van der Waals surface area contributed by atoms with E-state index in [9.17, 15) is 4.79 Å². The van der Waals surface area contributed by atoms with Crippen molar-refractivity contribution in [1.29, 1.82) is 0 Å². The van der Waals surface area contributed by atoms with Crippen LogP contribution in [0.1, 0.15) is 0 Å². The maximum absolute atomic E-state index is 13.0. The average Bonchev–Trinajstić information content (AvgIpc) is 3.22. The first-order valence-electron chi connectivity index (χ1n) is 9.52. The van der Waals surface area contributed by atoms with Gasteiger partial charge in [0.15, 0.2) is 5.65 Å². The largest absolute Gasteiger partial charge is 0.497 e. The van der Waals surface area contributed by atoms with E-state index >= 15 is 0 Å². The van der Waals surface area contributed by atoms with Crippen molar-refractivity contribution in [1.82, 2.24) is 19.6 Å². The maximum Gasteiger partial charge on any atom is 0.211 e. The second kappa shape index (κ2) is 7.33. The summed E-state index contributed by atoms with van der Waals surface area (Å²) in [5.41, 5.74) is 3.59. The fourth-order valence-corrected chi connectivity index (χ4v) is 3.52. The Hall–Kier alpha value is -4.19. The number of fused-ring (bicyclic) bond motifs is 1. The Balaban J connectivity index is 1.87. The van der Waals surface area contributed by atoms with Crippen LogP contribution in [0.15, 0.2) is 95.9 Å². The molecule has 0 radical (unpaired) electrons. The molecule has 30 heavy (non-hydrogen) atoms. The van der Waals surface area contributed by atoms with E-state index in [1.807, 2.05) is 84.9 Å². The summed E-state index contributed by atoms with van der Waals surface area (Å²) in [6.45, 7) is 0. The first-order valence-corrected chi connectivity index (χ1v) is 9.52. The second-order valence-electron chi connectivity index (χ2n) is 6.78. The van der Waals surface area contributed by atoms with Gasteiger partial charge in [-0.3, -0.25) is 4.79 Å². The number of hydrogen-bond donors (Lipinski definition) is 0. The smallest absolute Gasteiger partial charge is 0.211 e. The molecule has 0 saturated carbocycles. The van der Waals surface area contributed by atoms with Crippen LogP contribution in [0.2, 0.25) is 0 Å². The van der Waals surface area contributed by atoms with Gasteiger partial charge in [-0.25, -0.2) is 9.36 Å². The molecule has 0 N–H and O–H groups in total. The zero-order valence-corrected chi connectivity index (χ0v) is 16.3. The molecule has 6 heteroatoms. The number of para-hydroxylation sites is 1. The van der Waals surface area contributed by atoms with Gasteiger partial charge in [0.2, 0.25) is 5.43 Å². The SMILES string of the molecule is COc1ccc(-n2ncc(=O)c3c(-c4ccccc4)nn(-c4ccccc4)c32)cc1. The standard InChI is InChI=1S/C24H18N4O2/c1-30-20-14-12-19(13-15-20)27-24-22(21(29)16-25-27)23(17-8-4-2-5-9-17)26-28(24)18-10-6-3-7-11-18/h2-16H,1H3. The summed E-state index contributed by atoms with van der Waals surface area (Å²) in [6.07, 6.45) is 1.34. The lowest BCUT2D eigenvalue weighted by atomic mass is 10.1. The molecular weight excluding hydrogens is 376 g/mol. The van der Waals surface area contributed by atoms with Crippen LogP contribution in [0.25, 0.3) is 33.7 Å². The number of hydrogen-bond acceptors (Lipinski definition) is 4. The first-order chi connectivity index (χ1) is 14.8. The van der Waals surface area contributed by atoms with E-state index in [1.54, 1.807) is 16.5 Å². The summed E-state index contributed by atoms with van der Waals surface area (Å²) in [5, 5.41) is 9.79. The number of nitrogens with zero attached hydrogens (tertiary/aromatic N) is 4. The molecule has 0 bridgehead atoms. The highest BCUT2D eigenvalue weighted by Gasteiger charge is 2.20. The number of rotatable bonds is 4. The minimum Gasteiger partial charge on any atom is -0.497 e. The topological polar surface area (TPSA) is 61.9 Å². The molecule has 5 rings (SSSR count). The summed E-state index contributed by atoms with van der Waals surface area (Å²) in [4.78, 5) is 13.0. The van der Waals surface area contributed by atoms with E-state index in [4.69, 9.17) is 9.84 Å². The Kier molecular flexibility index (Phi) is 4.37. The Bertz CT molecular complexity index is 1370. The van der Waals surface area contributed by atoms with Gasteiger partial charge in [-0.2, -0.15) is 10.2 Å². The molecule has 0 spiro atoms. The number of ether oxygens (including phenoxy) is 1. The van der Waals surface area contributed by atoms with Gasteiger partial charge < -0.3 is 4.74 Å². The predicted molar refractivity (Wildman–Crippen MR) is 116 cm³/mol. The molecule has 0 aliphatic carbocycles. The predicted octanol–water partition coefficient (Wildman–Crippen LogP) is 4.25. The number of aromatic nitrogens is 4. The molecule has 0 fully saturated rings. The maximum atomic E-state index is 13.0. The third-order valence-corrected chi connectivity index (χ3v) is 4.96. The third-order valence-electron chi connectivity index (χ3n) is 4.96. The highest BCUT2D eigenvalue weighted by atomic mass is 16.5. The summed E-state index contributed by atoms with van der Waals surface area (Å²) in [6, 6.07) is 27.0. The zero-order valence-electron chi connectivity index (χ0n) is 16.3. The van der Waals surface area contributed by atoms with Gasteiger partial charge in [0.25, 0.3) is 0 Å². The normalized spacial score (nSPS) is 11.0. The zero-order chi connectivity index (χ0) is 20.5. The van der Waals surface area contributed by atoms with Crippen LogP contribution >= 0.6 is 0 Å². The molecule has 0 saturated heterocycles. The van der Waals surface area contributed by atoms with Gasteiger partial charge >= 0.3 is 0 Å². The van der Waals surface area contributed by atoms with Gasteiger partial charge in [0, 0.05) is 5.56 Å². The van der Waals surface area contributed by atoms with Gasteiger partial charge in [0.05, 0.1) is 30.1 Å². The van der Waals surface area contributed by atoms with Crippen molar-refractivity contribution in [3.63, 3.8) is 0 Å². The van der Waals surface area contributed by atoms with Crippen molar-refractivity contribution in [3.05, 3.63) is 101 Å². The first kappa shape index (κ1) is 17.9. The summed E-state index contributed by atoms with van der Waals surface area (Å²) >= 11 is 0.